The summed E-state index contributed by atoms with van der Waals surface area (Å²) in [7, 11) is 0. The molecule has 0 N–H and O–H groups in total. The number of carbonyl (C=O) groups excluding carboxylic acids is 1. The first-order chi connectivity index (χ1) is 6.81. The van der Waals surface area contributed by atoms with Crippen molar-refractivity contribution in [2.24, 2.45) is 0 Å². The third-order valence-corrected chi connectivity index (χ3v) is 2.39. The number of hydrogen-bond donors (Lipinski definition) is 0. The number of terminal acetylenes is 1. The summed E-state index contributed by atoms with van der Waals surface area (Å²) in [6, 6.07) is 0. The predicted molar refractivity (Wildman–Crippen MR) is 61.3 cm³/mol. The molecular weight excluding hydrogens is 244 g/mol. The molecule has 0 fully saturated rings. The van der Waals surface area contributed by atoms with Crippen molar-refractivity contribution in [3.05, 3.63) is 0 Å². The summed E-state index contributed by atoms with van der Waals surface area (Å²) in [5, 5.41) is 1.07. The van der Waals surface area contributed by atoms with Crippen LogP contribution in [0.1, 0.15) is 38.5 Å². The van der Waals surface area contributed by atoms with E-state index >= 15 is 0 Å². The lowest BCUT2D eigenvalue weighted by Gasteiger charge is -2.00. The monoisotopic (exact) mass is 260 g/mol. The average molecular weight is 261 g/mol. The van der Waals surface area contributed by atoms with Crippen molar-refractivity contribution in [3.8, 4) is 12.3 Å². The first-order valence-electron chi connectivity index (χ1n) is 4.96. The van der Waals surface area contributed by atoms with Crippen molar-refractivity contribution in [1.82, 2.24) is 0 Å². The first kappa shape index (κ1) is 13.5. The van der Waals surface area contributed by atoms with Gasteiger partial charge in [-0.3, -0.25) is 4.79 Å². The van der Waals surface area contributed by atoms with Crippen LogP contribution in [0.5, 0.6) is 0 Å². The lowest BCUT2D eigenvalue weighted by Crippen LogP contribution is -2.03. The maximum Gasteiger partial charge on any atom is 0.306 e. The van der Waals surface area contributed by atoms with Gasteiger partial charge in [0.2, 0.25) is 0 Å². The Balaban J connectivity index is 3.11. The third-order valence-electron chi connectivity index (χ3n) is 1.83. The summed E-state index contributed by atoms with van der Waals surface area (Å²) in [4.78, 5) is 11.0. The van der Waals surface area contributed by atoms with Gasteiger partial charge < -0.3 is 4.74 Å². The van der Waals surface area contributed by atoms with Crippen LogP contribution in [0.25, 0.3) is 0 Å². The van der Waals surface area contributed by atoms with E-state index in [4.69, 9.17) is 11.2 Å². The zero-order valence-electron chi connectivity index (χ0n) is 8.43. The zero-order chi connectivity index (χ0) is 10.6. The third kappa shape index (κ3) is 9.60. The Labute approximate surface area is 94.5 Å². The minimum absolute atomic E-state index is 0.0996. The van der Waals surface area contributed by atoms with Crippen molar-refractivity contribution < 1.29 is 9.53 Å². The molecule has 0 spiro atoms. The number of rotatable bonds is 8. The fourth-order valence-electron chi connectivity index (χ4n) is 1.09. The summed E-state index contributed by atoms with van der Waals surface area (Å²) in [5.74, 6) is 2.09. The Hall–Kier alpha value is -0.490. The predicted octanol–water partition coefficient (Wildman–Crippen LogP) is 2.90. The maximum atomic E-state index is 11.0. The Morgan fingerprint density at radius 1 is 1.21 bits per heavy atom. The molecule has 0 unspecified atom stereocenters. The van der Waals surface area contributed by atoms with Gasteiger partial charge in [0.15, 0.2) is 6.61 Å². The zero-order valence-corrected chi connectivity index (χ0v) is 10.0. The normalized spacial score (nSPS) is 9.43. The highest BCUT2D eigenvalue weighted by atomic mass is 79.9. The molecule has 0 aliphatic rings. The van der Waals surface area contributed by atoms with Gasteiger partial charge in [-0.1, -0.05) is 41.1 Å². The van der Waals surface area contributed by atoms with Crippen LogP contribution in [0.15, 0.2) is 0 Å². The van der Waals surface area contributed by atoms with Crippen molar-refractivity contribution in [1.29, 1.82) is 0 Å². The van der Waals surface area contributed by atoms with Crippen LogP contribution >= 0.6 is 15.9 Å². The van der Waals surface area contributed by atoms with Crippen molar-refractivity contribution in [3.63, 3.8) is 0 Å². The summed E-state index contributed by atoms with van der Waals surface area (Å²) in [6.07, 6.45) is 11.1. The summed E-state index contributed by atoms with van der Waals surface area (Å²) < 4.78 is 4.74. The molecule has 0 aromatic carbocycles. The standard InChI is InChI=1S/C11H17BrO2/c1-2-10-14-11(13)8-6-4-3-5-7-9-12/h1H,3-10H2. The fourth-order valence-corrected chi connectivity index (χ4v) is 1.48. The Morgan fingerprint density at radius 2 is 1.86 bits per heavy atom. The second-order valence-corrected chi connectivity index (χ2v) is 3.86. The van der Waals surface area contributed by atoms with Gasteiger partial charge in [0, 0.05) is 11.8 Å². The van der Waals surface area contributed by atoms with E-state index in [0.29, 0.717) is 6.42 Å². The van der Waals surface area contributed by atoms with Gasteiger partial charge in [-0.2, -0.15) is 0 Å². The number of alkyl halides is 1. The molecule has 0 saturated carbocycles. The number of halogens is 1. The van der Waals surface area contributed by atoms with E-state index in [2.05, 4.69) is 21.9 Å². The van der Waals surface area contributed by atoms with E-state index < -0.39 is 0 Å². The molecule has 14 heavy (non-hydrogen) atoms. The molecule has 0 amide bonds. The summed E-state index contributed by atoms with van der Waals surface area (Å²) >= 11 is 3.38. The molecule has 0 aromatic rings. The van der Waals surface area contributed by atoms with Gasteiger partial charge >= 0.3 is 5.97 Å². The highest BCUT2D eigenvalue weighted by Gasteiger charge is 2.00. The van der Waals surface area contributed by atoms with Crippen LogP contribution in [0, 0.1) is 12.3 Å². The van der Waals surface area contributed by atoms with Gasteiger partial charge in [0.05, 0.1) is 0 Å². The molecule has 0 bridgehead atoms. The van der Waals surface area contributed by atoms with Gasteiger partial charge in [-0.25, -0.2) is 0 Å². The van der Waals surface area contributed by atoms with Crippen molar-refractivity contribution >= 4 is 21.9 Å². The highest BCUT2D eigenvalue weighted by Crippen LogP contribution is 2.06. The van der Waals surface area contributed by atoms with Crippen LogP contribution in [-0.4, -0.2) is 17.9 Å². The van der Waals surface area contributed by atoms with Crippen LogP contribution < -0.4 is 0 Å². The molecule has 0 aliphatic carbocycles. The second-order valence-electron chi connectivity index (χ2n) is 3.07. The van der Waals surface area contributed by atoms with E-state index in [0.717, 1.165) is 18.2 Å². The van der Waals surface area contributed by atoms with Crippen LogP contribution in [0.2, 0.25) is 0 Å². The molecule has 0 rings (SSSR count). The largest absolute Gasteiger partial charge is 0.452 e. The maximum absolute atomic E-state index is 11.0. The first-order valence-corrected chi connectivity index (χ1v) is 6.08. The minimum atomic E-state index is -0.177. The quantitative estimate of drug-likeness (QED) is 0.290. The van der Waals surface area contributed by atoms with Gasteiger partial charge in [-0.05, 0) is 12.8 Å². The molecule has 2 nitrogen and oxygen atoms in total. The molecular formula is C11H17BrO2. The number of hydrogen-bond acceptors (Lipinski definition) is 2. The van der Waals surface area contributed by atoms with Gasteiger partial charge in [-0.15, -0.1) is 6.42 Å². The van der Waals surface area contributed by atoms with E-state index in [1.807, 2.05) is 0 Å². The summed E-state index contributed by atoms with van der Waals surface area (Å²) in [6.45, 7) is 0.0996. The van der Waals surface area contributed by atoms with Crippen LogP contribution in [0.4, 0.5) is 0 Å². The Kier molecular flexibility index (Phi) is 10.2. The molecule has 80 valence electrons. The fraction of sp³-hybridized carbons (Fsp3) is 0.727. The van der Waals surface area contributed by atoms with E-state index in [1.165, 1.54) is 19.3 Å². The SMILES string of the molecule is C#CCOC(=O)CCCCCCCBr. The highest BCUT2D eigenvalue weighted by molar-refractivity contribution is 9.09. The van der Waals surface area contributed by atoms with Crippen LogP contribution in [-0.2, 0) is 9.53 Å². The molecule has 0 saturated heterocycles. The van der Waals surface area contributed by atoms with Gasteiger partial charge in [0.1, 0.15) is 0 Å². The molecule has 0 aromatic heterocycles. The van der Waals surface area contributed by atoms with Gasteiger partial charge in [0.25, 0.3) is 0 Å². The smallest absolute Gasteiger partial charge is 0.306 e. The molecule has 0 aliphatic heterocycles. The lowest BCUT2D eigenvalue weighted by molar-refractivity contribution is -0.142. The molecule has 0 radical (unpaired) electrons. The van der Waals surface area contributed by atoms with E-state index in [9.17, 15) is 4.79 Å². The molecule has 3 heteroatoms. The number of carbonyl (C=O) groups is 1. The number of esters is 1. The topological polar surface area (TPSA) is 26.3 Å². The minimum Gasteiger partial charge on any atom is -0.452 e. The van der Waals surface area contributed by atoms with Crippen molar-refractivity contribution in [2.45, 2.75) is 38.5 Å². The number of unbranched alkanes of at least 4 members (excludes halogenated alkanes) is 4. The molecule has 0 heterocycles. The Morgan fingerprint density at radius 3 is 2.50 bits per heavy atom. The average Bonchev–Trinajstić information content (AvgIpc) is 2.20. The van der Waals surface area contributed by atoms with Crippen LogP contribution in [0.3, 0.4) is 0 Å². The van der Waals surface area contributed by atoms with E-state index in [1.54, 1.807) is 0 Å². The van der Waals surface area contributed by atoms with E-state index in [-0.39, 0.29) is 12.6 Å². The number of ether oxygens (including phenoxy) is 1. The summed E-state index contributed by atoms with van der Waals surface area (Å²) in [5.41, 5.74) is 0. The van der Waals surface area contributed by atoms with Crippen molar-refractivity contribution in [2.75, 3.05) is 11.9 Å². The molecule has 0 atom stereocenters. The Bertz CT molecular complexity index is 184. The lowest BCUT2D eigenvalue weighted by atomic mass is 10.1. The second kappa shape index (κ2) is 10.6.